The SMILES string of the molecule is CCCc1nnsc1C(=O)N1CCOC(c2ccc(C)cc2)C1. The Labute approximate surface area is 140 Å². The highest BCUT2D eigenvalue weighted by Gasteiger charge is 2.28. The third kappa shape index (κ3) is 3.59. The fraction of sp³-hybridized carbons (Fsp3) is 0.471. The summed E-state index contributed by atoms with van der Waals surface area (Å²) in [5, 5.41) is 4.10. The van der Waals surface area contributed by atoms with Crippen molar-refractivity contribution in [1.82, 2.24) is 14.5 Å². The van der Waals surface area contributed by atoms with Crippen LogP contribution in [0.5, 0.6) is 0 Å². The monoisotopic (exact) mass is 331 g/mol. The van der Waals surface area contributed by atoms with Gasteiger partial charge in [0.1, 0.15) is 11.0 Å². The molecule has 1 fully saturated rings. The van der Waals surface area contributed by atoms with Gasteiger partial charge >= 0.3 is 0 Å². The molecule has 2 aromatic rings. The van der Waals surface area contributed by atoms with E-state index >= 15 is 0 Å². The zero-order valence-electron chi connectivity index (χ0n) is 13.5. The van der Waals surface area contributed by atoms with Gasteiger partial charge in [-0.3, -0.25) is 4.79 Å². The molecule has 6 heteroatoms. The summed E-state index contributed by atoms with van der Waals surface area (Å²) < 4.78 is 9.81. The smallest absolute Gasteiger partial charge is 0.267 e. The van der Waals surface area contributed by atoms with Crippen LogP contribution >= 0.6 is 11.5 Å². The van der Waals surface area contributed by atoms with Crippen LogP contribution in [-0.2, 0) is 11.2 Å². The Balaban J connectivity index is 1.74. The summed E-state index contributed by atoms with van der Waals surface area (Å²) in [4.78, 5) is 15.3. The Kier molecular flexibility index (Phi) is 5.03. The topological polar surface area (TPSA) is 55.3 Å². The first kappa shape index (κ1) is 16.1. The molecule has 1 aliphatic rings. The molecule has 1 aromatic carbocycles. The minimum absolute atomic E-state index is 0.0314. The standard InChI is InChI=1S/C17H21N3O2S/c1-3-4-14-16(23-19-18-14)17(21)20-9-10-22-15(11-20)13-7-5-12(2)6-8-13/h5-8,15H,3-4,9-11H2,1-2H3. The molecule has 0 N–H and O–H groups in total. The van der Waals surface area contributed by atoms with Crippen molar-refractivity contribution in [3.05, 3.63) is 46.0 Å². The van der Waals surface area contributed by atoms with Gasteiger partial charge < -0.3 is 9.64 Å². The number of amides is 1. The fourth-order valence-electron chi connectivity index (χ4n) is 2.73. The lowest BCUT2D eigenvalue weighted by molar-refractivity contribution is -0.0227. The van der Waals surface area contributed by atoms with E-state index in [0.717, 1.165) is 24.1 Å². The summed E-state index contributed by atoms with van der Waals surface area (Å²) in [6.45, 7) is 5.89. The molecule has 3 rings (SSSR count). The predicted molar refractivity (Wildman–Crippen MR) is 89.7 cm³/mol. The van der Waals surface area contributed by atoms with Crippen LogP contribution in [0.25, 0.3) is 0 Å². The van der Waals surface area contributed by atoms with Crippen LogP contribution in [0, 0.1) is 6.92 Å². The van der Waals surface area contributed by atoms with E-state index in [9.17, 15) is 4.79 Å². The average molecular weight is 331 g/mol. The summed E-state index contributed by atoms with van der Waals surface area (Å²) in [5.74, 6) is 0.0314. The number of benzene rings is 1. The number of hydrogen-bond donors (Lipinski definition) is 0. The molecule has 1 amide bonds. The number of morpholine rings is 1. The third-order valence-corrected chi connectivity index (χ3v) is 4.80. The minimum atomic E-state index is -0.0659. The molecule has 1 atom stereocenters. The van der Waals surface area contributed by atoms with Gasteiger partial charge in [-0.25, -0.2) is 0 Å². The van der Waals surface area contributed by atoms with E-state index in [1.807, 2.05) is 4.90 Å². The summed E-state index contributed by atoms with van der Waals surface area (Å²) in [5.41, 5.74) is 3.16. The maximum Gasteiger partial charge on any atom is 0.267 e. The highest BCUT2D eigenvalue weighted by molar-refractivity contribution is 7.08. The molecule has 0 spiro atoms. The van der Waals surface area contributed by atoms with E-state index in [1.54, 1.807) is 0 Å². The van der Waals surface area contributed by atoms with Crippen molar-refractivity contribution >= 4 is 17.4 Å². The van der Waals surface area contributed by atoms with Crippen LogP contribution in [0.1, 0.15) is 45.9 Å². The van der Waals surface area contributed by atoms with E-state index in [-0.39, 0.29) is 12.0 Å². The number of hydrogen-bond acceptors (Lipinski definition) is 5. The second-order valence-electron chi connectivity index (χ2n) is 5.82. The maximum atomic E-state index is 12.8. The Bertz CT molecular complexity index is 669. The molecule has 0 radical (unpaired) electrons. The summed E-state index contributed by atoms with van der Waals surface area (Å²) in [7, 11) is 0. The summed E-state index contributed by atoms with van der Waals surface area (Å²) in [6, 6.07) is 8.30. The van der Waals surface area contributed by atoms with Gasteiger partial charge in [0.25, 0.3) is 5.91 Å². The number of aromatic nitrogens is 2. The molecular formula is C17H21N3O2S. The van der Waals surface area contributed by atoms with E-state index in [0.29, 0.717) is 24.6 Å². The molecule has 122 valence electrons. The number of carbonyl (C=O) groups excluding carboxylic acids is 1. The molecule has 0 bridgehead atoms. The highest BCUT2D eigenvalue weighted by atomic mass is 32.1. The van der Waals surface area contributed by atoms with E-state index in [4.69, 9.17) is 4.74 Å². The van der Waals surface area contributed by atoms with Crippen LogP contribution in [0.15, 0.2) is 24.3 Å². The first-order chi connectivity index (χ1) is 11.2. The maximum absolute atomic E-state index is 12.8. The van der Waals surface area contributed by atoms with Crippen molar-refractivity contribution in [2.75, 3.05) is 19.7 Å². The summed E-state index contributed by atoms with van der Waals surface area (Å²) >= 11 is 1.20. The number of carbonyl (C=O) groups is 1. The Hall–Kier alpha value is -1.79. The molecule has 1 unspecified atom stereocenters. The lowest BCUT2D eigenvalue weighted by atomic mass is 10.1. The predicted octanol–water partition coefficient (Wildman–Crippen LogP) is 3.01. The van der Waals surface area contributed by atoms with Gasteiger partial charge in [-0.15, -0.1) is 5.10 Å². The van der Waals surface area contributed by atoms with Gasteiger partial charge in [0, 0.05) is 6.54 Å². The highest BCUT2D eigenvalue weighted by Crippen LogP contribution is 2.25. The largest absolute Gasteiger partial charge is 0.370 e. The number of ether oxygens (including phenoxy) is 1. The molecular weight excluding hydrogens is 310 g/mol. The first-order valence-corrected chi connectivity index (χ1v) is 8.75. The Morgan fingerprint density at radius 1 is 1.39 bits per heavy atom. The fourth-order valence-corrected chi connectivity index (χ4v) is 3.41. The van der Waals surface area contributed by atoms with Gasteiger partial charge in [-0.2, -0.15) is 0 Å². The molecule has 0 saturated carbocycles. The zero-order chi connectivity index (χ0) is 16.2. The van der Waals surface area contributed by atoms with Crippen molar-refractivity contribution < 1.29 is 9.53 Å². The number of nitrogens with zero attached hydrogens (tertiary/aromatic N) is 3. The second kappa shape index (κ2) is 7.19. The van der Waals surface area contributed by atoms with Crippen LogP contribution in [0.3, 0.4) is 0 Å². The third-order valence-electron chi connectivity index (χ3n) is 4.04. The van der Waals surface area contributed by atoms with Crippen LogP contribution in [-0.4, -0.2) is 40.1 Å². The van der Waals surface area contributed by atoms with Crippen LogP contribution < -0.4 is 0 Å². The van der Waals surface area contributed by atoms with Crippen molar-refractivity contribution in [2.45, 2.75) is 32.8 Å². The quantitative estimate of drug-likeness (QED) is 0.864. The first-order valence-electron chi connectivity index (χ1n) is 7.97. The molecule has 1 aromatic heterocycles. The lowest BCUT2D eigenvalue weighted by Crippen LogP contribution is -2.42. The van der Waals surface area contributed by atoms with E-state index in [2.05, 4.69) is 47.7 Å². The average Bonchev–Trinajstić information content (AvgIpc) is 3.03. The van der Waals surface area contributed by atoms with Crippen molar-refractivity contribution in [3.8, 4) is 0 Å². The lowest BCUT2D eigenvalue weighted by Gasteiger charge is -2.33. The van der Waals surface area contributed by atoms with Crippen molar-refractivity contribution in [3.63, 3.8) is 0 Å². The summed E-state index contributed by atoms with van der Waals surface area (Å²) in [6.07, 6.45) is 1.69. The van der Waals surface area contributed by atoms with Gasteiger partial charge in [0.05, 0.1) is 18.8 Å². The minimum Gasteiger partial charge on any atom is -0.370 e. The molecule has 23 heavy (non-hydrogen) atoms. The van der Waals surface area contributed by atoms with Gasteiger partial charge in [-0.05, 0) is 30.4 Å². The Morgan fingerprint density at radius 2 is 2.17 bits per heavy atom. The molecule has 0 aliphatic carbocycles. The molecule has 2 heterocycles. The molecule has 1 saturated heterocycles. The van der Waals surface area contributed by atoms with E-state index in [1.165, 1.54) is 17.1 Å². The molecule has 1 aliphatic heterocycles. The molecule has 5 nitrogen and oxygen atoms in total. The van der Waals surface area contributed by atoms with Crippen molar-refractivity contribution in [2.24, 2.45) is 0 Å². The van der Waals surface area contributed by atoms with Gasteiger partial charge in [0.15, 0.2) is 0 Å². The normalized spacial score (nSPS) is 18.2. The number of rotatable bonds is 4. The van der Waals surface area contributed by atoms with E-state index < -0.39 is 0 Å². The zero-order valence-corrected chi connectivity index (χ0v) is 14.3. The number of aryl methyl sites for hydroxylation is 2. The van der Waals surface area contributed by atoms with Crippen molar-refractivity contribution in [1.29, 1.82) is 0 Å². The van der Waals surface area contributed by atoms with Crippen LogP contribution in [0.4, 0.5) is 0 Å². The van der Waals surface area contributed by atoms with Gasteiger partial charge in [0.2, 0.25) is 0 Å². The van der Waals surface area contributed by atoms with Crippen LogP contribution in [0.2, 0.25) is 0 Å². The van der Waals surface area contributed by atoms with Gasteiger partial charge in [-0.1, -0.05) is 47.7 Å². The Morgan fingerprint density at radius 3 is 2.91 bits per heavy atom. The second-order valence-corrected chi connectivity index (χ2v) is 6.57.